The highest BCUT2D eigenvalue weighted by molar-refractivity contribution is 6.20. The van der Waals surface area contributed by atoms with E-state index in [4.69, 9.17) is 0 Å². The van der Waals surface area contributed by atoms with Crippen molar-refractivity contribution >= 4 is 16.6 Å². The molecule has 1 nitrogen and oxygen atoms in total. The van der Waals surface area contributed by atoms with Crippen LogP contribution in [-0.4, -0.2) is 5.78 Å². The highest BCUT2D eigenvalue weighted by atomic mass is 16.1. The Hall–Kier alpha value is -3.19. The molecule has 138 valence electrons. The molecule has 0 saturated heterocycles. The predicted octanol–water partition coefficient (Wildman–Crippen LogP) is 7.04. The lowest BCUT2D eigenvalue weighted by atomic mass is 9.85. The van der Waals surface area contributed by atoms with E-state index in [1.165, 1.54) is 5.56 Å². The molecular formula is C27H24O. The summed E-state index contributed by atoms with van der Waals surface area (Å²) in [4.78, 5) is 13.6. The van der Waals surface area contributed by atoms with Gasteiger partial charge in [0.15, 0.2) is 5.78 Å². The third-order valence-corrected chi connectivity index (χ3v) is 5.25. The molecule has 0 aliphatic heterocycles. The molecule has 0 unspecified atom stereocenters. The molecule has 0 N–H and O–H groups in total. The summed E-state index contributed by atoms with van der Waals surface area (Å²) in [5.41, 5.74) is 4.82. The van der Waals surface area contributed by atoms with E-state index in [-0.39, 0.29) is 11.2 Å². The summed E-state index contributed by atoms with van der Waals surface area (Å²) in [7, 11) is 0. The van der Waals surface area contributed by atoms with Gasteiger partial charge in [0.2, 0.25) is 0 Å². The fraction of sp³-hybridized carbons (Fsp3) is 0.148. The second-order valence-corrected chi connectivity index (χ2v) is 8.23. The van der Waals surface area contributed by atoms with Gasteiger partial charge in [-0.1, -0.05) is 112 Å². The average molecular weight is 364 g/mol. The zero-order chi connectivity index (χ0) is 19.7. The van der Waals surface area contributed by atoms with E-state index >= 15 is 0 Å². The molecule has 1 heteroatoms. The maximum Gasteiger partial charge on any atom is 0.194 e. The fourth-order valence-electron chi connectivity index (χ4n) is 3.64. The van der Waals surface area contributed by atoms with E-state index in [0.29, 0.717) is 0 Å². The van der Waals surface area contributed by atoms with Gasteiger partial charge in [0.1, 0.15) is 0 Å². The van der Waals surface area contributed by atoms with Gasteiger partial charge < -0.3 is 0 Å². The van der Waals surface area contributed by atoms with Gasteiger partial charge in [-0.05, 0) is 32.9 Å². The maximum absolute atomic E-state index is 13.6. The van der Waals surface area contributed by atoms with E-state index in [1.54, 1.807) is 0 Å². The summed E-state index contributed by atoms with van der Waals surface area (Å²) in [5.74, 6) is 0.0658. The van der Waals surface area contributed by atoms with Crippen LogP contribution in [0.15, 0.2) is 91.0 Å². The van der Waals surface area contributed by atoms with Crippen molar-refractivity contribution in [1.82, 2.24) is 0 Å². The zero-order valence-corrected chi connectivity index (χ0v) is 16.6. The molecule has 0 radical (unpaired) electrons. The second-order valence-electron chi connectivity index (χ2n) is 8.23. The van der Waals surface area contributed by atoms with E-state index in [9.17, 15) is 4.79 Å². The number of rotatable bonds is 3. The van der Waals surface area contributed by atoms with Crippen LogP contribution in [0, 0.1) is 0 Å². The Labute approximate surface area is 166 Å². The first-order valence-corrected chi connectivity index (χ1v) is 9.67. The van der Waals surface area contributed by atoms with Crippen LogP contribution >= 0.6 is 0 Å². The Balaban J connectivity index is 1.90. The van der Waals surface area contributed by atoms with Crippen molar-refractivity contribution in [1.29, 1.82) is 0 Å². The molecular weight excluding hydrogens is 340 g/mol. The molecule has 4 aromatic carbocycles. The molecule has 0 bridgehead atoms. The van der Waals surface area contributed by atoms with Crippen molar-refractivity contribution in [3.05, 3.63) is 108 Å². The Morgan fingerprint density at radius 3 is 2.00 bits per heavy atom. The van der Waals surface area contributed by atoms with Crippen LogP contribution in [0.2, 0.25) is 0 Å². The Morgan fingerprint density at radius 2 is 1.32 bits per heavy atom. The minimum atomic E-state index is 0.0657. The average Bonchev–Trinajstić information content (AvgIpc) is 2.72. The van der Waals surface area contributed by atoms with Crippen molar-refractivity contribution < 1.29 is 4.79 Å². The van der Waals surface area contributed by atoms with Crippen molar-refractivity contribution in [3.8, 4) is 11.1 Å². The molecule has 0 aliphatic carbocycles. The molecule has 0 heterocycles. The molecule has 0 spiro atoms. The second kappa shape index (κ2) is 7.09. The summed E-state index contributed by atoms with van der Waals surface area (Å²) in [6, 6.07) is 30.5. The lowest BCUT2D eigenvalue weighted by molar-refractivity contribution is 0.104. The third-order valence-electron chi connectivity index (χ3n) is 5.25. The first-order valence-electron chi connectivity index (χ1n) is 9.67. The van der Waals surface area contributed by atoms with Crippen LogP contribution in [0.5, 0.6) is 0 Å². The summed E-state index contributed by atoms with van der Waals surface area (Å²) >= 11 is 0. The Kier molecular flexibility index (Phi) is 4.60. The van der Waals surface area contributed by atoms with Crippen molar-refractivity contribution in [2.24, 2.45) is 0 Å². The Morgan fingerprint density at radius 1 is 0.679 bits per heavy atom. The van der Waals surface area contributed by atoms with Crippen LogP contribution in [0.25, 0.3) is 21.9 Å². The molecule has 28 heavy (non-hydrogen) atoms. The molecule has 0 atom stereocenters. The van der Waals surface area contributed by atoms with Crippen LogP contribution in [-0.2, 0) is 5.41 Å². The van der Waals surface area contributed by atoms with Gasteiger partial charge in [0.25, 0.3) is 0 Å². The summed E-state index contributed by atoms with van der Waals surface area (Å²) in [6.07, 6.45) is 0. The van der Waals surface area contributed by atoms with Gasteiger partial charge in [-0.3, -0.25) is 4.79 Å². The SMILES string of the molecule is CC(C)(C)c1ccc(C(=O)c2c(-c3ccccc3)ccc3ccccc23)cc1. The molecule has 0 aliphatic rings. The number of ketones is 1. The van der Waals surface area contributed by atoms with E-state index in [0.717, 1.165) is 33.0 Å². The monoisotopic (exact) mass is 364 g/mol. The highest BCUT2D eigenvalue weighted by Crippen LogP contribution is 2.32. The largest absolute Gasteiger partial charge is 0.289 e. The van der Waals surface area contributed by atoms with E-state index < -0.39 is 0 Å². The van der Waals surface area contributed by atoms with Crippen molar-refractivity contribution in [3.63, 3.8) is 0 Å². The number of hydrogen-bond acceptors (Lipinski definition) is 1. The standard InChI is InChI=1S/C27H24O/c1-27(2,3)22-16-13-21(14-17-22)26(28)25-23-12-8-7-11-20(23)15-18-24(25)19-9-5-4-6-10-19/h4-18H,1-3H3. The maximum atomic E-state index is 13.6. The smallest absolute Gasteiger partial charge is 0.194 e. The lowest BCUT2D eigenvalue weighted by Gasteiger charge is -2.19. The Bertz CT molecular complexity index is 1130. The molecule has 4 rings (SSSR count). The van der Waals surface area contributed by atoms with Crippen molar-refractivity contribution in [2.45, 2.75) is 26.2 Å². The minimum Gasteiger partial charge on any atom is -0.289 e. The van der Waals surface area contributed by atoms with Gasteiger partial charge in [-0.25, -0.2) is 0 Å². The fourth-order valence-corrected chi connectivity index (χ4v) is 3.64. The topological polar surface area (TPSA) is 17.1 Å². The third kappa shape index (κ3) is 3.36. The summed E-state index contributed by atoms with van der Waals surface area (Å²) in [6.45, 7) is 6.55. The number of hydrogen-bond donors (Lipinski definition) is 0. The number of fused-ring (bicyclic) bond motifs is 1. The quantitative estimate of drug-likeness (QED) is 0.356. The summed E-state index contributed by atoms with van der Waals surface area (Å²) in [5, 5.41) is 2.07. The predicted molar refractivity (Wildman–Crippen MR) is 118 cm³/mol. The van der Waals surface area contributed by atoms with Gasteiger partial charge in [0, 0.05) is 11.1 Å². The van der Waals surface area contributed by atoms with E-state index in [2.05, 4.69) is 63.2 Å². The molecule has 0 amide bonds. The van der Waals surface area contributed by atoms with Gasteiger partial charge in [0.05, 0.1) is 0 Å². The normalized spacial score (nSPS) is 11.5. The van der Waals surface area contributed by atoms with Crippen LogP contribution in [0.3, 0.4) is 0 Å². The summed E-state index contributed by atoms with van der Waals surface area (Å²) < 4.78 is 0. The van der Waals surface area contributed by atoms with Crippen LogP contribution in [0.4, 0.5) is 0 Å². The van der Waals surface area contributed by atoms with Crippen LogP contribution in [0.1, 0.15) is 42.3 Å². The lowest BCUT2D eigenvalue weighted by Crippen LogP contribution is -2.11. The number of benzene rings is 4. The van der Waals surface area contributed by atoms with Crippen molar-refractivity contribution in [2.75, 3.05) is 0 Å². The highest BCUT2D eigenvalue weighted by Gasteiger charge is 2.19. The van der Waals surface area contributed by atoms with Gasteiger partial charge >= 0.3 is 0 Å². The first kappa shape index (κ1) is 18.2. The molecule has 0 aromatic heterocycles. The molecule has 0 saturated carbocycles. The zero-order valence-electron chi connectivity index (χ0n) is 16.6. The van der Waals surface area contributed by atoms with Crippen LogP contribution < -0.4 is 0 Å². The first-order chi connectivity index (χ1) is 13.4. The minimum absolute atomic E-state index is 0.0657. The number of carbonyl (C=O) groups is 1. The number of carbonyl (C=O) groups excluding carboxylic acids is 1. The van der Waals surface area contributed by atoms with Gasteiger partial charge in [-0.15, -0.1) is 0 Å². The molecule has 0 fully saturated rings. The molecule has 4 aromatic rings. The van der Waals surface area contributed by atoms with Gasteiger partial charge in [-0.2, -0.15) is 0 Å². The van der Waals surface area contributed by atoms with E-state index in [1.807, 2.05) is 48.5 Å².